The molecule has 0 unspecified atom stereocenters. The van der Waals surface area contributed by atoms with E-state index in [0.717, 1.165) is 38.8 Å². The lowest BCUT2D eigenvalue weighted by atomic mass is 9.92. The fourth-order valence-corrected chi connectivity index (χ4v) is 2.27. The van der Waals surface area contributed by atoms with Gasteiger partial charge in [-0.3, -0.25) is 4.79 Å². The summed E-state index contributed by atoms with van der Waals surface area (Å²) in [6.45, 7) is 6.48. The highest BCUT2D eigenvalue weighted by Gasteiger charge is 2.29. The van der Waals surface area contributed by atoms with Crippen molar-refractivity contribution in [3.05, 3.63) is 0 Å². The van der Waals surface area contributed by atoms with E-state index in [-0.39, 0.29) is 11.8 Å². The van der Waals surface area contributed by atoms with Gasteiger partial charge in [0.1, 0.15) is 0 Å². The van der Waals surface area contributed by atoms with Crippen LogP contribution in [0, 0.1) is 5.92 Å². The van der Waals surface area contributed by atoms with Crippen LogP contribution in [0.25, 0.3) is 0 Å². The molecule has 1 aliphatic rings. The monoisotopic (exact) mass is 228 g/mol. The SMILES string of the molecule is CCC(O)(CC)CN1CCC(C(N)=O)CC1. The lowest BCUT2D eigenvalue weighted by molar-refractivity contribution is -0.123. The molecule has 4 nitrogen and oxygen atoms in total. The molecule has 0 aromatic heterocycles. The van der Waals surface area contributed by atoms with Crippen molar-refractivity contribution in [2.45, 2.75) is 45.1 Å². The Hall–Kier alpha value is -0.610. The number of amides is 1. The van der Waals surface area contributed by atoms with Gasteiger partial charge in [0.2, 0.25) is 5.91 Å². The number of carbonyl (C=O) groups is 1. The predicted molar refractivity (Wildman–Crippen MR) is 63.9 cm³/mol. The predicted octanol–water partition coefficient (Wildman–Crippen LogP) is 0.735. The minimum atomic E-state index is -0.570. The van der Waals surface area contributed by atoms with Crippen LogP contribution in [0.4, 0.5) is 0 Å². The van der Waals surface area contributed by atoms with Gasteiger partial charge in [-0.15, -0.1) is 0 Å². The first-order valence-corrected chi connectivity index (χ1v) is 6.25. The number of nitrogens with two attached hydrogens (primary N) is 1. The van der Waals surface area contributed by atoms with Crippen LogP contribution in [0.2, 0.25) is 0 Å². The zero-order chi connectivity index (χ0) is 12.2. The number of hydrogen-bond acceptors (Lipinski definition) is 3. The van der Waals surface area contributed by atoms with E-state index in [0.29, 0.717) is 6.54 Å². The second kappa shape index (κ2) is 5.64. The Kier molecular flexibility index (Phi) is 4.74. The molecular weight excluding hydrogens is 204 g/mol. The molecule has 0 radical (unpaired) electrons. The molecule has 0 aromatic carbocycles. The highest BCUT2D eigenvalue weighted by atomic mass is 16.3. The first-order chi connectivity index (χ1) is 7.50. The zero-order valence-corrected chi connectivity index (χ0v) is 10.4. The van der Waals surface area contributed by atoms with Gasteiger partial charge in [-0.1, -0.05) is 13.8 Å². The summed E-state index contributed by atoms with van der Waals surface area (Å²) in [5, 5.41) is 10.2. The average Bonchev–Trinajstić information content (AvgIpc) is 2.29. The van der Waals surface area contributed by atoms with Gasteiger partial charge in [0.05, 0.1) is 5.60 Å². The number of rotatable bonds is 5. The number of likely N-dealkylation sites (tertiary alicyclic amines) is 1. The zero-order valence-electron chi connectivity index (χ0n) is 10.4. The Balaban J connectivity index is 2.40. The number of nitrogens with zero attached hydrogens (tertiary/aromatic N) is 1. The average molecular weight is 228 g/mol. The van der Waals surface area contributed by atoms with Gasteiger partial charge >= 0.3 is 0 Å². The van der Waals surface area contributed by atoms with Crippen LogP contribution in [-0.2, 0) is 4.79 Å². The van der Waals surface area contributed by atoms with Crippen LogP contribution < -0.4 is 5.73 Å². The molecular formula is C12H24N2O2. The molecule has 0 aliphatic carbocycles. The molecule has 0 atom stereocenters. The Labute approximate surface area is 97.8 Å². The fourth-order valence-electron chi connectivity index (χ4n) is 2.27. The van der Waals surface area contributed by atoms with Crippen LogP contribution in [0.5, 0.6) is 0 Å². The molecule has 0 spiro atoms. The molecule has 0 bridgehead atoms. The Morgan fingerprint density at radius 2 is 1.88 bits per heavy atom. The van der Waals surface area contributed by atoms with Crippen LogP contribution >= 0.6 is 0 Å². The second-order valence-corrected chi connectivity index (χ2v) is 4.88. The summed E-state index contributed by atoms with van der Waals surface area (Å²) in [6.07, 6.45) is 3.22. The third-order valence-electron chi connectivity index (χ3n) is 3.82. The number of piperidine rings is 1. The van der Waals surface area contributed by atoms with Crippen molar-refractivity contribution in [2.24, 2.45) is 11.7 Å². The maximum absolute atomic E-state index is 11.0. The second-order valence-electron chi connectivity index (χ2n) is 4.88. The highest BCUT2D eigenvalue weighted by molar-refractivity contribution is 5.76. The lowest BCUT2D eigenvalue weighted by Gasteiger charge is -2.36. The van der Waals surface area contributed by atoms with E-state index in [1.165, 1.54) is 0 Å². The van der Waals surface area contributed by atoms with Crippen LogP contribution in [0.3, 0.4) is 0 Å². The van der Waals surface area contributed by atoms with E-state index in [2.05, 4.69) is 4.90 Å². The van der Waals surface area contributed by atoms with E-state index in [4.69, 9.17) is 5.73 Å². The van der Waals surface area contributed by atoms with Crippen LogP contribution in [-0.4, -0.2) is 41.1 Å². The van der Waals surface area contributed by atoms with Crippen LogP contribution in [0.1, 0.15) is 39.5 Å². The standard InChI is InChI=1S/C12H24N2O2/c1-3-12(16,4-2)9-14-7-5-10(6-8-14)11(13)15/h10,16H,3-9H2,1-2H3,(H2,13,15). The summed E-state index contributed by atoms with van der Waals surface area (Å²) in [5.74, 6) is -0.145. The van der Waals surface area contributed by atoms with E-state index >= 15 is 0 Å². The van der Waals surface area contributed by atoms with E-state index in [1.807, 2.05) is 13.8 Å². The molecule has 94 valence electrons. The summed E-state index contributed by atoms with van der Waals surface area (Å²) in [5.41, 5.74) is 4.72. The summed E-state index contributed by atoms with van der Waals surface area (Å²) in [6, 6.07) is 0. The molecule has 1 rings (SSSR count). The van der Waals surface area contributed by atoms with E-state index in [9.17, 15) is 9.90 Å². The van der Waals surface area contributed by atoms with Gasteiger partial charge in [-0.05, 0) is 38.8 Å². The fraction of sp³-hybridized carbons (Fsp3) is 0.917. The number of primary amides is 1. The molecule has 1 saturated heterocycles. The minimum Gasteiger partial charge on any atom is -0.389 e. The summed E-state index contributed by atoms with van der Waals surface area (Å²) in [7, 11) is 0. The summed E-state index contributed by atoms with van der Waals surface area (Å²) < 4.78 is 0. The Bertz CT molecular complexity index is 231. The number of carbonyl (C=O) groups excluding carboxylic acids is 1. The van der Waals surface area contributed by atoms with Crippen molar-refractivity contribution < 1.29 is 9.90 Å². The maximum Gasteiger partial charge on any atom is 0.220 e. The van der Waals surface area contributed by atoms with Crippen molar-refractivity contribution in [3.8, 4) is 0 Å². The third-order valence-corrected chi connectivity index (χ3v) is 3.82. The van der Waals surface area contributed by atoms with Gasteiger partial charge in [-0.2, -0.15) is 0 Å². The van der Waals surface area contributed by atoms with E-state index < -0.39 is 5.60 Å². The number of aliphatic hydroxyl groups is 1. The van der Waals surface area contributed by atoms with Crippen molar-refractivity contribution in [1.82, 2.24) is 4.90 Å². The first kappa shape index (κ1) is 13.5. The topological polar surface area (TPSA) is 66.6 Å². The minimum absolute atomic E-state index is 0.0348. The van der Waals surface area contributed by atoms with Crippen molar-refractivity contribution >= 4 is 5.91 Å². The van der Waals surface area contributed by atoms with Crippen molar-refractivity contribution in [2.75, 3.05) is 19.6 Å². The summed E-state index contributed by atoms with van der Waals surface area (Å²) >= 11 is 0. The smallest absolute Gasteiger partial charge is 0.220 e. The molecule has 3 N–H and O–H groups in total. The highest BCUT2D eigenvalue weighted by Crippen LogP contribution is 2.21. The molecule has 1 amide bonds. The first-order valence-electron chi connectivity index (χ1n) is 6.25. The molecule has 1 aliphatic heterocycles. The van der Waals surface area contributed by atoms with Gasteiger partial charge < -0.3 is 15.7 Å². The normalized spacial score (nSPS) is 19.9. The quantitative estimate of drug-likeness (QED) is 0.729. The Morgan fingerprint density at radius 1 is 1.38 bits per heavy atom. The number of hydrogen-bond donors (Lipinski definition) is 2. The molecule has 0 aromatic rings. The van der Waals surface area contributed by atoms with E-state index in [1.54, 1.807) is 0 Å². The van der Waals surface area contributed by atoms with Crippen molar-refractivity contribution in [1.29, 1.82) is 0 Å². The van der Waals surface area contributed by atoms with Gasteiger partial charge in [0.25, 0.3) is 0 Å². The molecule has 16 heavy (non-hydrogen) atoms. The molecule has 1 fully saturated rings. The van der Waals surface area contributed by atoms with Gasteiger partial charge in [0.15, 0.2) is 0 Å². The maximum atomic E-state index is 11.0. The van der Waals surface area contributed by atoms with Crippen LogP contribution in [0.15, 0.2) is 0 Å². The molecule has 1 heterocycles. The molecule has 4 heteroatoms. The van der Waals surface area contributed by atoms with Gasteiger partial charge in [-0.25, -0.2) is 0 Å². The number of β-amino-alcohol motifs (C(OH)–C–C–N with tert-alkyl or cyclic N) is 1. The van der Waals surface area contributed by atoms with Crippen molar-refractivity contribution in [3.63, 3.8) is 0 Å². The third kappa shape index (κ3) is 3.46. The summed E-state index contributed by atoms with van der Waals surface area (Å²) in [4.78, 5) is 13.3. The Morgan fingerprint density at radius 3 is 2.25 bits per heavy atom. The molecule has 0 saturated carbocycles. The largest absolute Gasteiger partial charge is 0.389 e. The lowest BCUT2D eigenvalue weighted by Crippen LogP contribution is -2.46. The van der Waals surface area contributed by atoms with Gasteiger partial charge in [0, 0.05) is 12.5 Å².